The van der Waals surface area contributed by atoms with Gasteiger partial charge in [0, 0.05) is 3.57 Å². The summed E-state index contributed by atoms with van der Waals surface area (Å²) in [5, 5.41) is 9.01. The molecule has 0 saturated heterocycles. The summed E-state index contributed by atoms with van der Waals surface area (Å²) in [7, 11) is 0. The van der Waals surface area contributed by atoms with Gasteiger partial charge in [-0.3, -0.25) is 0 Å². The first-order chi connectivity index (χ1) is 5.56. The van der Waals surface area contributed by atoms with Crippen molar-refractivity contribution in [1.29, 1.82) is 0 Å². The van der Waals surface area contributed by atoms with Gasteiger partial charge in [0.2, 0.25) is 0 Å². The van der Waals surface area contributed by atoms with E-state index in [2.05, 4.69) is 22.6 Å². The molecule has 0 radical (unpaired) electrons. The predicted molar refractivity (Wildman–Crippen MR) is 57.8 cm³/mol. The van der Waals surface area contributed by atoms with Gasteiger partial charge in [-0.15, -0.1) is 0 Å². The van der Waals surface area contributed by atoms with Gasteiger partial charge in [-0.05, 0) is 47.2 Å². The van der Waals surface area contributed by atoms with Crippen LogP contribution in [0.15, 0.2) is 24.3 Å². The van der Waals surface area contributed by atoms with Crippen LogP contribution in [-0.4, -0.2) is 11.7 Å². The van der Waals surface area contributed by atoms with E-state index >= 15 is 0 Å². The van der Waals surface area contributed by atoms with Crippen molar-refractivity contribution in [3.63, 3.8) is 0 Å². The summed E-state index contributed by atoms with van der Waals surface area (Å²) in [6, 6.07) is 7.85. The third-order valence-electron chi connectivity index (χ3n) is 1.81. The minimum Gasteiger partial charge on any atom is -0.394 e. The molecule has 0 aromatic heterocycles. The lowest BCUT2D eigenvalue weighted by molar-refractivity contribution is 0.210. The molecule has 66 valence electrons. The van der Waals surface area contributed by atoms with E-state index in [0.717, 1.165) is 9.13 Å². The first-order valence-electron chi connectivity index (χ1n) is 3.72. The molecule has 1 aromatic carbocycles. The molecule has 1 rings (SSSR count). The highest BCUT2D eigenvalue weighted by atomic mass is 127. The normalized spacial score (nSPS) is 15.7. The number of halogens is 1. The average molecular weight is 277 g/mol. The van der Waals surface area contributed by atoms with Gasteiger partial charge in [0.15, 0.2) is 0 Å². The third kappa shape index (κ3) is 2.18. The molecule has 1 aromatic rings. The SMILES string of the molecule is CC(N)(CO)c1cccc(I)c1. The molecule has 0 aliphatic carbocycles. The van der Waals surface area contributed by atoms with E-state index in [-0.39, 0.29) is 6.61 Å². The molecular weight excluding hydrogens is 265 g/mol. The van der Waals surface area contributed by atoms with Crippen molar-refractivity contribution in [3.05, 3.63) is 33.4 Å². The molecule has 0 saturated carbocycles. The molecule has 0 bridgehead atoms. The molecule has 0 fully saturated rings. The van der Waals surface area contributed by atoms with Gasteiger partial charge in [0.25, 0.3) is 0 Å². The smallest absolute Gasteiger partial charge is 0.0650 e. The van der Waals surface area contributed by atoms with Crippen molar-refractivity contribution in [2.75, 3.05) is 6.61 Å². The van der Waals surface area contributed by atoms with Crippen LogP contribution in [0, 0.1) is 3.57 Å². The van der Waals surface area contributed by atoms with Gasteiger partial charge in [-0.1, -0.05) is 12.1 Å². The van der Waals surface area contributed by atoms with E-state index < -0.39 is 5.54 Å². The topological polar surface area (TPSA) is 46.2 Å². The van der Waals surface area contributed by atoms with E-state index in [4.69, 9.17) is 10.8 Å². The summed E-state index contributed by atoms with van der Waals surface area (Å²) in [5.74, 6) is 0. The second-order valence-corrected chi connectivity index (χ2v) is 4.33. The molecule has 0 heterocycles. The lowest BCUT2D eigenvalue weighted by Crippen LogP contribution is -2.36. The van der Waals surface area contributed by atoms with Crippen molar-refractivity contribution in [2.45, 2.75) is 12.5 Å². The highest BCUT2D eigenvalue weighted by molar-refractivity contribution is 14.1. The highest BCUT2D eigenvalue weighted by Crippen LogP contribution is 2.18. The summed E-state index contributed by atoms with van der Waals surface area (Å²) >= 11 is 2.22. The number of rotatable bonds is 2. The van der Waals surface area contributed by atoms with E-state index in [1.54, 1.807) is 0 Å². The van der Waals surface area contributed by atoms with E-state index in [1.807, 2.05) is 31.2 Å². The molecule has 1 unspecified atom stereocenters. The summed E-state index contributed by atoms with van der Waals surface area (Å²) < 4.78 is 1.13. The third-order valence-corrected chi connectivity index (χ3v) is 2.48. The van der Waals surface area contributed by atoms with Gasteiger partial charge in [-0.25, -0.2) is 0 Å². The fraction of sp³-hybridized carbons (Fsp3) is 0.333. The number of hydrogen-bond donors (Lipinski definition) is 2. The van der Waals surface area contributed by atoms with Gasteiger partial charge >= 0.3 is 0 Å². The van der Waals surface area contributed by atoms with Crippen LogP contribution < -0.4 is 5.73 Å². The van der Waals surface area contributed by atoms with Crippen molar-refractivity contribution in [2.24, 2.45) is 5.73 Å². The van der Waals surface area contributed by atoms with Crippen LogP contribution in [0.3, 0.4) is 0 Å². The predicted octanol–water partition coefficient (Wildman–Crippen LogP) is 1.46. The van der Waals surface area contributed by atoms with Gasteiger partial charge in [0.05, 0.1) is 12.1 Å². The van der Waals surface area contributed by atoms with Crippen molar-refractivity contribution >= 4 is 22.6 Å². The first-order valence-corrected chi connectivity index (χ1v) is 4.80. The Labute approximate surface area is 85.9 Å². The zero-order valence-corrected chi connectivity index (χ0v) is 9.08. The maximum absolute atomic E-state index is 9.01. The Morgan fingerprint density at radius 2 is 2.25 bits per heavy atom. The number of hydrogen-bond acceptors (Lipinski definition) is 2. The fourth-order valence-corrected chi connectivity index (χ4v) is 1.48. The highest BCUT2D eigenvalue weighted by Gasteiger charge is 2.19. The van der Waals surface area contributed by atoms with Crippen molar-refractivity contribution in [1.82, 2.24) is 0 Å². The number of nitrogens with two attached hydrogens (primary N) is 1. The van der Waals surface area contributed by atoms with Gasteiger partial charge in [-0.2, -0.15) is 0 Å². The first kappa shape index (κ1) is 9.95. The van der Waals surface area contributed by atoms with Crippen LogP contribution in [0.25, 0.3) is 0 Å². The average Bonchev–Trinajstić information content (AvgIpc) is 2.05. The van der Waals surface area contributed by atoms with Crippen LogP contribution in [0.4, 0.5) is 0 Å². The number of aliphatic hydroxyl groups is 1. The summed E-state index contributed by atoms with van der Waals surface area (Å²) in [5.41, 5.74) is 6.20. The van der Waals surface area contributed by atoms with Gasteiger partial charge < -0.3 is 10.8 Å². The molecule has 0 amide bonds. The number of aliphatic hydroxyl groups excluding tert-OH is 1. The zero-order chi connectivity index (χ0) is 9.19. The molecule has 0 aliphatic rings. The minimum absolute atomic E-state index is 0.0346. The molecule has 12 heavy (non-hydrogen) atoms. The van der Waals surface area contributed by atoms with Crippen LogP contribution in [-0.2, 0) is 5.54 Å². The molecule has 2 nitrogen and oxygen atoms in total. The largest absolute Gasteiger partial charge is 0.394 e. The van der Waals surface area contributed by atoms with E-state index in [9.17, 15) is 0 Å². The van der Waals surface area contributed by atoms with Crippen LogP contribution in [0.1, 0.15) is 12.5 Å². The van der Waals surface area contributed by atoms with E-state index in [0.29, 0.717) is 0 Å². The summed E-state index contributed by atoms with van der Waals surface area (Å²) in [6.07, 6.45) is 0. The Kier molecular flexibility index (Phi) is 3.09. The molecule has 3 N–H and O–H groups in total. The Hall–Kier alpha value is -0.130. The quantitative estimate of drug-likeness (QED) is 0.804. The monoisotopic (exact) mass is 277 g/mol. The molecular formula is C9H12INO. The number of benzene rings is 1. The molecule has 0 spiro atoms. The second-order valence-electron chi connectivity index (χ2n) is 3.09. The van der Waals surface area contributed by atoms with E-state index in [1.165, 1.54) is 0 Å². The maximum atomic E-state index is 9.01. The fourth-order valence-electron chi connectivity index (χ4n) is 0.935. The van der Waals surface area contributed by atoms with Crippen LogP contribution in [0.5, 0.6) is 0 Å². The Bertz CT molecular complexity index is 273. The molecule has 3 heteroatoms. The molecule has 0 aliphatic heterocycles. The lowest BCUT2D eigenvalue weighted by Gasteiger charge is -2.22. The van der Waals surface area contributed by atoms with Gasteiger partial charge in [0.1, 0.15) is 0 Å². The lowest BCUT2D eigenvalue weighted by atomic mass is 9.95. The zero-order valence-electron chi connectivity index (χ0n) is 6.92. The standard InChI is InChI=1S/C9H12INO/c1-9(11,6-12)7-3-2-4-8(10)5-7/h2-5,12H,6,11H2,1H3. The Balaban J connectivity index is 3.03. The Morgan fingerprint density at radius 1 is 1.58 bits per heavy atom. The summed E-state index contributed by atoms with van der Waals surface area (Å²) in [4.78, 5) is 0. The minimum atomic E-state index is -0.624. The second kappa shape index (κ2) is 3.72. The van der Waals surface area contributed by atoms with Crippen LogP contribution >= 0.6 is 22.6 Å². The van der Waals surface area contributed by atoms with Crippen molar-refractivity contribution < 1.29 is 5.11 Å². The van der Waals surface area contributed by atoms with Crippen LogP contribution in [0.2, 0.25) is 0 Å². The maximum Gasteiger partial charge on any atom is 0.0650 e. The molecule has 1 atom stereocenters. The van der Waals surface area contributed by atoms with Crippen molar-refractivity contribution in [3.8, 4) is 0 Å². The Morgan fingerprint density at radius 3 is 2.75 bits per heavy atom. The summed E-state index contributed by atoms with van der Waals surface area (Å²) in [6.45, 7) is 1.78.